The number of nitrogens with two attached hydrogens (primary N) is 1. The molecule has 72 valence electrons. The van der Waals surface area contributed by atoms with E-state index in [1.54, 1.807) is 0 Å². The molecule has 0 aromatic rings. The largest absolute Gasteiger partial charge is 0.469 e. The van der Waals surface area contributed by atoms with Crippen LogP contribution in [0.5, 0.6) is 0 Å². The van der Waals surface area contributed by atoms with E-state index in [0.717, 1.165) is 0 Å². The smallest absolute Gasteiger partial charge is 0.309 e. The molecule has 0 aliphatic heterocycles. The summed E-state index contributed by atoms with van der Waals surface area (Å²) in [4.78, 5) is 10.9. The first-order valence-corrected chi connectivity index (χ1v) is 5.01. The molecule has 2 N–H and O–H groups in total. The Hall–Kier alpha value is -0.620. The van der Waals surface area contributed by atoms with E-state index in [1.165, 1.54) is 21.0 Å². The Labute approximate surface area is 71.9 Å². The number of sulfonamides is 1. The average molecular weight is 195 g/mol. The van der Waals surface area contributed by atoms with E-state index in [4.69, 9.17) is 5.14 Å². The summed E-state index contributed by atoms with van der Waals surface area (Å²) in [6, 6.07) is 0. The molecule has 0 aliphatic carbocycles. The number of ether oxygens (including phenoxy) is 1. The van der Waals surface area contributed by atoms with Crippen LogP contribution in [0.25, 0.3) is 0 Å². The predicted octanol–water partition coefficient (Wildman–Crippen LogP) is -0.527. The number of esters is 1. The van der Waals surface area contributed by atoms with Crippen LogP contribution >= 0.6 is 0 Å². The second-order valence-electron chi connectivity index (χ2n) is 2.61. The molecule has 0 unspecified atom stereocenters. The summed E-state index contributed by atoms with van der Waals surface area (Å²) in [7, 11) is -2.45. The summed E-state index contributed by atoms with van der Waals surface area (Å²) in [6.07, 6.45) is 0. The van der Waals surface area contributed by atoms with E-state index in [9.17, 15) is 13.2 Å². The normalized spacial score (nSPS) is 16.7. The Bertz CT molecular complexity index is 259. The lowest BCUT2D eigenvalue weighted by Gasteiger charge is -2.14. The zero-order valence-electron chi connectivity index (χ0n) is 7.27. The first kappa shape index (κ1) is 11.4. The Balaban J connectivity index is 4.51. The summed E-state index contributed by atoms with van der Waals surface area (Å²) in [5.74, 6) is -1.30. The van der Waals surface area contributed by atoms with Gasteiger partial charge in [0.25, 0.3) is 0 Å². The third-order valence-electron chi connectivity index (χ3n) is 1.80. The lowest BCUT2D eigenvalue weighted by Crippen LogP contribution is -2.35. The Morgan fingerprint density at radius 1 is 1.42 bits per heavy atom. The molecule has 2 atom stereocenters. The molecule has 6 heteroatoms. The minimum Gasteiger partial charge on any atom is -0.469 e. The molecule has 0 aliphatic rings. The summed E-state index contributed by atoms with van der Waals surface area (Å²) >= 11 is 0. The van der Waals surface area contributed by atoms with Gasteiger partial charge in [0.05, 0.1) is 18.3 Å². The van der Waals surface area contributed by atoms with Crippen molar-refractivity contribution in [1.29, 1.82) is 0 Å². The van der Waals surface area contributed by atoms with Crippen LogP contribution < -0.4 is 5.14 Å². The predicted molar refractivity (Wildman–Crippen MR) is 43.7 cm³/mol. The molecule has 0 spiro atoms. The molecule has 0 heterocycles. The van der Waals surface area contributed by atoms with Crippen molar-refractivity contribution in [3.05, 3.63) is 0 Å². The molecule has 0 saturated carbocycles. The number of methoxy groups -OCH3 is 1. The number of hydrogen-bond donors (Lipinski definition) is 1. The summed E-state index contributed by atoms with van der Waals surface area (Å²) in [6.45, 7) is 2.83. The molecule has 0 radical (unpaired) electrons. The molecular formula is C6H13NO4S. The SMILES string of the molecule is COC(=O)[C@H](C)[C@@H](C)S(N)(=O)=O. The minimum atomic E-state index is -3.66. The Morgan fingerprint density at radius 2 is 1.83 bits per heavy atom. The Morgan fingerprint density at radius 3 is 2.08 bits per heavy atom. The van der Waals surface area contributed by atoms with Gasteiger partial charge in [-0.25, -0.2) is 13.6 Å². The molecule has 0 fully saturated rings. The number of primary sulfonamides is 1. The monoisotopic (exact) mass is 195 g/mol. The van der Waals surface area contributed by atoms with Gasteiger partial charge < -0.3 is 4.74 Å². The molecule has 0 amide bonds. The standard InChI is InChI=1S/C6H13NO4S/c1-4(6(8)11-3)5(2)12(7,9)10/h4-5H,1-3H3,(H2,7,9,10)/t4-,5-/m1/s1. The van der Waals surface area contributed by atoms with Crippen molar-refractivity contribution >= 4 is 16.0 Å². The van der Waals surface area contributed by atoms with E-state index >= 15 is 0 Å². The van der Waals surface area contributed by atoms with Crippen molar-refractivity contribution in [3.63, 3.8) is 0 Å². The van der Waals surface area contributed by atoms with Crippen LogP contribution in [-0.4, -0.2) is 26.7 Å². The summed E-state index contributed by atoms with van der Waals surface area (Å²) in [5.41, 5.74) is 0. The molecule has 5 nitrogen and oxygen atoms in total. The van der Waals surface area contributed by atoms with Gasteiger partial charge in [0.2, 0.25) is 10.0 Å². The van der Waals surface area contributed by atoms with Crippen molar-refractivity contribution in [2.75, 3.05) is 7.11 Å². The van der Waals surface area contributed by atoms with Crippen LogP contribution in [0.2, 0.25) is 0 Å². The zero-order chi connectivity index (χ0) is 9.94. The fourth-order valence-electron chi connectivity index (χ4n) is 0.662. The second kappa shape index (κ2) is 3.86. The maximum atomic E-state index is 10.9. The fraction of sp³-hybridized carbons (Fsp3) is 0.833. The quantitative estimate of drug-likeness (QED) is 0.613. The van der Waals surface area contributed by atoms with Crippen molar-refractivity contribution in [3.8, 4) is 0 Å². The van der Waals surface area contributed by atoms with Crippen molar-refractivity contribution < 1.29 is 17.9 Å². The van der Waals surface area contributed by atoms with Crippen LogP contribution in [0, 0.1) is 5.92 Å². The van der Waals surface area contributed by atoms with Gasteiger partial charge in [-0.2, -0.15) is 0 Å². The van der Waals surface area contributed by atoms with E-state index in [-0.39, 0.29) is 0 Å². The van der Waals surface area contributed by atoms with E-state index < -0.39 is 27.2 Å². The van der Waals surface area contributed by atoms with Crippen molar-refractivity contribution in [1.82, 2.24) is 0 Å². The van der Waals surface area contributed by atoms with Gasteiger partial charge in [-0.15, -0.1) is 0 Å². The second-order valence-corrected chi connectivity index (χ2v) is 4.53. The van der Waals surface area contributed by atoms with Gasteiger partial charge in [0.15, 0.2) is 0 Å². The van der Waals surface area contributed by atoms with Crippen LogP contribution in [-0.2, 0) is 19.6 Å². The summed E-state index contributed by atoms with van der Waals surface area (Å²) < 4.78 is 25.9. The Kier molecular flexibility index (Phi) is 3.66. The lowest BCUT2D eigenvalue weighted by molar-refractivity contribution is -0.144. The topological polar surface area (TPSA) is 86.5 Å². The molecule has 0 aromatic heterocycles. The minimum absolute atomic E-state index is 0.573. The molecular weight excluding hydrogens is 182 g/mol. The molecule has 0 saturated heterocycles. The fourth-order valence-corrected chi connectivity index (χ4v) is 1.34. The van der Waals surface area contributed by atoms with E-state index in [2.05, 4.69) is 4.74 Å². The van der Waals surface area contributed by atoms with Gasteiger partial charge in [-0.05, 0) is 6.92 Å². The maximum absolute atomic E-state index is 10.9. The van der Waals surface area contributed by atoms with Crippen molar-refractivity contribution in [2.45, 2.75) is 19.1 Å². The highest BCUT2D eigenvalue weighted by Crippen LogP contribution is 2.10. The van der Waals surface area contributed by atoms with Crippen LogP contribution in [0.1, 0.15) is 13.8 Å². The van der Waals surface area contributed by atoms with E-state index in [0.29, 0.717) is 0 Å². The third-order valence-corrected chi connectivity index (χ3v) is 3.24. The van der Waals surface area contributed by atoms with Gasteiger partial charge >= 0.3 is 5.97 Å². The van der Waals surface area contributed by atoms with Crippen LogP contribution in [0.3, 0.4) is 0 Å². The van der Waals surface area contributed by atoms with Gasteiger partial charge in [-0.1, -0.05) is 6.92 Å². The maximum Gasteiger partial charge on any atom is 0.309 e. The molecule has 0 aromatic carbocycles. The molecule has 0 rings (SSSR count). The van der Waals surface area contributed by atoms with E-state index in [1.807, 2.05) is 0 Å². The van der Waals surface area contributed by atoms with Crippen LogP contribution in [0.4, 0.5) is 0 Å². The summed E-state index contributed by atoms with van der Waals surface area (Å²) in [5, 5.41) is 3.92. The number of hydrogen-bond acceptors (Lipinski definition) is 4. The number of carbonyl (C=O) groups is 1. The van der Waals surface area contributed by atoms with Crippen molar-refractivity contribution in [2.24, 2.45) is 11.1 Å². The van der Waals surface area contributed by atoms with Crippen LogP contribution in [0.15, 0.2) is 0 Å². The highest BCUT2D eigenvalue weighted by atomic mass is 32.2. The number of rotatable bonds is 3. The van der Waals surface area contributed by atoms with Gasteiger partial charge in [0.1, 0.15) is 0 Å². The van der Waals surface area contributed by atoms with Gasteiger partial charge in [-0.3, -0.25) is 4.79 Å². The molecule has 0 bridgehead atoms. The first-order valence-electron chi connectivity index (χ1n) is 3.40. The first-order chi connectivity index (χ1) is 5.30. The van der Waals surface area contributed by atoms with Gasteiger partial charge in [0, 0.05) is 0 Å². The molecule has 12 heavy (non-hydrogen) atoms. The highest BCUT2D eigenvalue weighted by molar-refractivity contribution is 7.89. The lowest BCUT2D eigenvalue weighted by atomic mass is 10.1. The highest BCUT2D eigenvalue weighted by Gasteiger charge is 2.28. The zero-order valence-corrected chi connectivity index (χ0v) is 8.09. The third kappa shape index (κ3) is 2.78. The number of carbonyl (C=O) groups excluding carboxylic acids is 1. The average Bonchev–Trinajstić information content (AvgIpc) is 1.98.